The summed E-state index contributed by atoms with van der Waals surface area (Å²) in [6, 6.07) is 8.95. The number of rotatable bonds is 8. The lowest BCUT2D eigenvalue weighted by molar-refractivity contribution is -0.123. The highest BCUT2D eigenvalue weighted by atomic mass is 16.5. The van der Waals surface area contributed by atoms with Gasteiger partial charge in [0.25, 0.3) is 0 Å². The molecule has 0 heterocycles. The van der Waals surface area contributed by atoms with Gasteiger partial charge in [0.05, 0.1) is 12.6 Å². The van der Waals surface area contributed by atoms with Crippen molar-refractivity contribution in [3.8, 4) is 0 Å². The van der Waals surface area contributed by atoms with Crippen LogP contribution in [0.1, 0.15) is 5.56 Å². The zero-order valence-corrected chi connectivity index (χ0v) is 10.7. The zero-order valence-electron chi connectivity index (χ0n) is 10.7. The fourth-order valence-electron chi connectivity index (χ4n) is 1.51. The second kappa shape index (κ2) is 8.23. The predicted octanol–water partition coefficient (Wildman–Crippen LogP) is -0.825. The quantitative estimate of drug-likeness (QED) is 0.533. The summed E-state index contributed by atoms with van der Waals surface area (Å²) in [4.78, 5) is 22.1. The number of ether oxygens (including phenoxy) is 1. The maximum absolute atomic E-state index is 11.7. The molecule has 104 valence electrons. The van der Waals surface area contributed by atoms with Crippen LogP contribution in [0, 0.1) is 0 Å². The lowest BCUT2D eigenvalue weighted by Crippen LogP contribution is -2.43. The van der Waals surface area contributed by atoms with E-state index < -0.39 is 11.9 Å². The molecular formula is C13H19N3O3. The van der Waals surface area contributed by atoms with E-state index in [2.05, 4.69) is 5.32 Å². The van der Waals surface area contributed by atoms with Gasteiger partial charge in [-0.1, -0.05) is 30.3 Å². The van der Waals surface area contributed by atoms with Crippen LogP contribution in [0.15, 0.2) is 30.3 Å². The number of amides is 2. The average Bonchev–Trinajstić information content (AvgIpc) is 2.38. The molecule has 0 aliphatic carbocycles. The summed E-state index contributed by atoms with van der Waals surface area (Å²) < 4.78 is 4.91. The van der Waals surface area contributed by atoms with Crippen molar-refractivity contribution < 1.29 is 14.3 Å². The van der Waals surface area contributed by atoms with Crippen LogP contribution in [0.3, 0.4) is 0 Å². The van der Waals surface area contributed by atoms with Gasteiger partial charge in [-0.05, 0) is 12.0 Å². The largest absolute Gasteiger partial charge is 0.370 e. The van der Waals surface area contributed by atoms with Crippen molar-refractivity contribution in [2.75, 3.05) is 19.8 Å². The number of benzene rings is 1. The number of nitrogens with one attached hydrogen (secondary N) is 1. The second-order valence-electron chi connectivity index (χ2n) is 4.11. The Bertz CT molecular complexity index is 409. The van der Waals surface area contributed by atoms with Crippen LogP contribution in [-0.4, -0.2) is 37.6 Å². The van der Waals surface area contributed by atoms with E-state index >= 15 is 0 Å². The SMILES string of the molecule is NC(=O)COCCNC(=O)[C@@H](N)Cc1ccccc1. The van der Waals surface area contributed by atoms with Gasteiger partial charge in [0.15, 0.2) is 0 Å². The van der Waals surface area contributed by atoms with Gasteiger partial charge < -0.3 is 21.5 Å². The summed E-state index contributed by atoms with van der Waals surface area (Å²) in [5.74, 6) is -0.779. The molecule has 5 N–H and O–H groups in total. The number of hydrogen-bond donors (Lipinski definition) is 3. The van der Waals surface area contributed by atoms with Crippen LogP contribution in [0.5, 0.6) is 0 Å². The lowest BCUT2D eigenvalue weighted by atomic mass is 10.1. The fourth-order valence-corrected chi connectivity index (χ4v) is 1.51. The van der Waals surface area contributed by atoms with Crippen molar-refractivity contribution >= 4 is 11.8 Å². The molecule has 6 heteroatoms. The lowest BCUT2D eigenvalue weighted by Gasteiger charge is -2.12. The molecule has 0 spiro atoms. The Morgan fingerprint density at radius 3 is 2.58 bits per heavy atom. The van der Waals surface area contributed by atoms with Gasteiger partial charge in [-0.2, -0.15) is 0 Å². The molecule has 0 saturated heterocycles. The Morgan fingerprint density at radius 2 is 1.95 bits per heavy atom. The first-order chi connectivity index (χ1) is 9.09. The molecule has 1 rings (SSSR count). The average molecular weight is 265 g/mol. The fraction of sp³-hybridized carbons (Fsp3) is 0.385. The Kier molecular flexibility index (Phi) is 6.56. The molecule has 0 radical (unpaired) electrons. The van der Waals surface area contributed by atoms with E-state index in [1.165, 1.54) is 0 Å². The van der Waals surface area contributed by atoms with Gasteiger partial charge in [-0.25, -0.2) is 0 Å². The number of carbonyl (C=O) groups is 2. The van der Waals surface area contributed by atoms with E-state index in [4.69, 9.17) is 16.2 Å². The molecule has 19 heavy (non-hydrogen) atoms. The second-order valence-corrected chi connectivity index (χ2v) is 4.11. The highest BCUT2D eigenvalue weighted by molar-refractivity contribution is 5.81. The normalized spacial score (nSPS) is 11.8. The Labute approximate surface area is 112 Å². The summed E-state index contributed by atoms with van der Waals surface area (Å²) in [7, 11) is 0. The number of hydrogen-bond acceptors (Lipinski definition) is 4. The van der Waals surface area contributed by atoms with Gasteiger partial charge >= 0.3 is 0 Å². The first kappa shape index (κ1) is 15.1. The highest BCUT2D eigenvalue weighted by Crippen LogP contribution is 2.01. The molecule has 2 amide bonds. The van der Waals surface area contributed by atoms with Crippen molar-refractivity contribution in [3.05, 3.63) is 35.9 Å². The third-order valence-corrected chi connectivity index (χ3v) is 2.43. The molecule has 0 aliphatic rings. The predicted molar refractivity (Wildman–Crippen MR) is 71.1 cm³/mol. The van der Waals surface area contributed by atoms with Crippen molar-refractivity contribution in [3.63, 3.8) is 0 Å². The highest BCUT2D eigenvalue weighted by Gasteiger charge is 2.13. The summed E-state index contributed by atoms with van der Waals surface area (Å²) in [6.45, 7) is 0.382. The van der Waals surface area contributed by atoms with Crippen LogP contribution in [-0.2, 0) is 20.7 Å². The van der Waals surface area contributed by atoms with Crippen LogP contribution in [0.4, 0.5) is 0 Å². The molecule has 0 bridgehead atoms. The van der Waals surface area contributed by atoms with E-state index in [1.54, 1.807) is 0 Å². The van der Waals surface area contributed by atoms with E-state index in [1.807, 2.05) is 30.3 Å². The Morgan fingerprint density at radius 1 is 1.26 bits per heavy atom. The number of primary amides is 1. The minimum atomic E-state index is -0.599. The summed E-state index contributed by atoms with van der Waals surface area (Å²) in [5, 5.41) is 2.64. The number of nitrogens with two attached hydrogens (primary N) is 2. The van der Waals surface area contributed by atoms with Crippen LogP contribution in [0.25, 0.3) is 0 Å². The smallest absolute Gasteiger partial charge is 0.243 e. The monoisotopic (exact) mass is 265 g/mol. The molecule has 0 unspecified atom stereocenters. The van der Waals surface area contributed by atoms with Gasteiger partial charge in [0, 0.05) is 6.54 Å². The molecule has 0 saturated carbocycles. The molecule has 1 atom stereocenters. The summed E-state index contributed by atoms with van der Waals surface area (Å²) in [5.41, 5.74) is 11.7. The Hall–Kier alpha value is -1.92. The van der Waals surface area contributed by atoms with Crippen molar-refractivity contribution in [1.82, 2.24) is 5.32 Å². The standard InChI is InChI=1S/C13H19N3O3/c14-11(8-10-4-2-1-3-5-10)13(18)16-6-7-19-9-12(15)17/h1-5,11H,6-9,14H2,(H2,15,17)(H,16,18)/t11-/m0/s1. The molecule has 1 aromatic carbocycles. The number of carbonyl (C=O) groups excluding carboxylic acids is 2. The maximum atomic E-state index is 11.7. The van der Waals surface area contributed by atoms with Gasteiger partial charge in [-0.15, -0.1) is 0 Å². The van der Waals surface area contributed by atoms with Crippen LogP contribution < -0.4 is 16.8 Å². The molecule has 0 aromatic heterocycles. The first-order valence-electron chi connectivity index (χ1n) is 6.03. The minimum absolute atomic E-state index is 0.147. The van der Waals surface area contributed by atoms with E-state index in [9.17, 15) is 9.59 Å². The van der Waals surface area contributed by atoms with E-state index in [0.29, 0.717) is 13.0 Å². The van der Waals surface area contributed by atoms with Crippen molar-refractivity contribution in [1.29, 1.82) is 0 Å². The van der Waals surface area contributed by atoms with Crippen LogP contribution >= 0.6 is 0 Å². The zero-order chi connectivity index (χ0) is 14.1. The first-order valence-corrected chi connectivity index (χ1v) is 6.03. The summed E-state index contributed by atoms with van der Waals surface area (Å²) >= 11 is 0. The molecule has 0 fully saturated rings. The minimum Gasteiger partial charge on any atom is -0.370 e. The van der Waals surface area contributed by atoms with Crippen LogP contribution in [0.2, 0.25) is 0 Å². The van der Waals surface area contributed by atoms with E-state index in [-0.39, 0.29) is 19.1 Å². The molecule has 6 nitrogen and oxygen atoms in total. The molecule has 0 aliphatic heterocycles. The Balaban J connectivity index is 2.20. The van der Waals surface area contributed by atoms with Crippen molar-refractivity contribution in [2.24, 2.45) is 11.5 Å². The third kappa shape index (κ3) is 6.54. The van der Waals surface area contributed by atoms with Gasteiger partial charge in [0.1, 0.15) is 6.61 Å². The van der Waals surface area contributed by atoms with Crippen molar-refractivity contribution in [2.45, 2.75) is 12.5 Å². The summed E-state index contributed by atoms with van der Waals surface area (Å²) in [6.07, 6.45) is 0.481. The molecule has 1 aromatic rings. The van der Waals surface area contributed by atoms with Gasteiger partial charge in [-0.3, -0.25) is 9.59 Å². The van der Waals surface area contributed by atoms with E-state index in [0.717, 1.165) is 5.56 Å². The third-order valence-electron chi connectivity index (χ3n) is 2.43. The maximum Gasteiger partial charge on any atom is 0.243 e. The topological polar surface area (TPSA) is 107 Å². The molecular weight excluding hydrogens is 246 g/mol. The van der Waals surface area contributed by atoms with Gasteiger partial charge in [0.2, 0.25) is 11.8 Å².